The van der Waals surface area contributed by atoms with Gasteiger partial charge in [-0.2, -0.15) is 5.10 Å². The van der Waals surface area contributed by atoms with Crippen LogP contribution in [0.3, 0.4) is 0 Å². The molecule has 1 atom stereocenters. The quantitative estimate of drug-likeness (QED) is 0.839. The first-order valence-electron chi connectivity index (χ1n) is 6.34. The number of nitrogens with zero attached hydrogens (tertiary/aromatic N) is 2. The minimum Gasteiger partial charge on any atom is -0.324 e. The maximum Gasteiger partial charge on any atom is 0.129 e. The van der Waals surface area contributed by atoms with Gasteiger partial charge in [-0.25, -0.2) is 4.39 Å². The van der Waals surface area contributed by atoms with Crippen molar-refractivity contribution in [1.29, 1.82) is 0 Å². The molecule has 3 nitrogen and oxygen atoms in total. The molecule has 20 heavy (non-hydrogen) atoms. The topological polar surface area (TPSA) is 43.8 Å². The number of benzene rings is 1. The lowest BCUT2D eigenvalue weighted by atomic mass is 10.0. The Morgan fingerprint density at radius 2 is 2.10 bits per heavy atom. The molecule has 0 amide bonds. The zero-order chi connectivity index (χ0) is 14.9. The van der Waals surface area contributed by atoms with Gasteiger partial charge in [0.1, 0.15) is 5.82 Å². The summed E-state index contributed by atoms with van der Waals surface area (Å²) in [4.78, 5) is 0. The van der Waals surface area contributed by atoms with Crippen LogP contribution < -0.4 is 5.73 Å². The van der Waals surface area contributed by atoms with Gasteiger partial charge in [-0.1, -0.05) is 28.9 Å². The van der Waals surface area contributed by atoms with Gasteiger partial charge in [0.05, 0.1) is 15.9 Å². The molecule has 2 rings (SSSR count). The van der Waals surface area contributed by atoms with Gasteiger partial charge >= 0.3 is 0 Å². The first-order valence-corrected chi connectivity index (χ1v) is 7.93. The highest BCUT2D eigenvalue weighted by Gasteiger charge is 2.18. The van der Waals surface area contributed by atoms with E-state index in [1.807, 2.05) is 14.0 Å². The third-order valence-corrected chi connectivity index (χ3v) is 4.69. The summed E-state index contributed by atoms with van der Waals surface area (Å²) in [5.41, 5.74) is 8.64. The first kappa shape index (κ1) is 15.7. The molecule has 0 bridgehead atoms. The molecule has 0 saturated carbocycles. The number of aryl methyl sites for hydroxylation is 2. The Morgan fingerprint density at radius 1 is 1.40 bits per heavy atom. The van der Waals surface area contributed by atoms with Crippen LogP contribution >= 0.6 is 31.9 Å². The van der Waals surface area contributed by atoms with Gasteiger partial charge in [-0.3, -0.25) is 4.68 Å². The average Bonchev–Trinajstić information content (AvgIpc) is 2.66. The molecule has 6 heteroatoms. The van der Waals surface area contributed by atoms with Crippen LogP contribution in [0.15, 0.2) is 27.1 Å². The summed E-state index contributed by atoms with van der Waals surface area (Å²) in [6.07, 6.45) is 1.37. The van der Waals surface area contributed by atoms with Crippen LogP contribution in [0.5, 0.6) is 0 Å². The van der Waals surface area contributed by atoms with E-state index in [-0.39, 0.29) is 5.82 Å². The lowest BCUT2D eigenvalue weighted by Gasteiger charge is -2.14. The van der Waals surface area contributed by atoms with Crippen LogP contribution in [0.25, 0.3) is 0 Å². The summed E-state index contributed by atoms with van der Waals surface area (Å²) in [5, 5.41) is 4.42. The lowest BCUT2D eigenvalue weighted by Crippen LogP contribution is -2.17. The molecule has 0 aliphatic heterocycles. The van der Waals surface area contributed by atoms with Crippen LogP contribution in [0.1, 0.15) is 29.9 Å². The van der Waals surface area contributed by atoms with Gasteiger partial charge in [0.2, 0.25) is 0 Å². The predicted octanol–water partition coefficient (Wildman–Crippen LogP) is 3.89. The summed E-state index contributed by atoms with van der Waals surface area (Å²) in [6.45, 7) is 2.05. The molecular weight excluding hydrogens is 389 g/mol. The van der Waals surface area contributed by atoms with Gasteiger partial charge in [-0.05, 0) is 34.5 Å². The monoisotopic (exact) mass is 403 g/mol. The van der Waals surface area contributed by atoms with Crippen molar-refractivity contribution in [2.75, 3.05) is 0 Å². The van der Waals surface area contributed by atoms with Crippen molar-refractivity contribution >= 4 is 31.9 Å². The fraction of sp³-hybridized carbons (Fsp3) is 0.357. The molecule has 1 aromatic carbocycles. The summed E-state index contributed by atoms with van der Waals surface area (Å²) in [6, 6.07) is 4.55. The maximum absolute atomic E-state index is 13.9. The third kappa shape index (κ3) is 3.13. The van der Waals surface area contributed by atoms with E-state index in [0.29, 0.717) is 16.5 Å². The second-order valence-corrected chi connectivity index (χ2v) is 6.37. The standard InChI is InChI=1S/C14H16Br2FN3/c1-3-12-14(16)13(20(2)19-12)7-11(18)9-5-4-8(15)6-10(9)17/h4-6,11H,3,7,18H2,1-2H3. The minimum atomic E-state index is -0.403. The zero-order valence-corrected chi connectivity index (χ0v) is 14.5. The fourth-order valence-electron chi connectivity index (χ4n) is 2.16. The van der Waals surface area contributed by atoms with Crippen molar-refractivity contribution in [3.8, 4) is 0 Å². The van der Waals surface area contributed by atoms with Gasteiger partial charge in [0.15, 0.2) is 0 Å². The normalized spacial score (nSPS) is 12.7. The third-order valence-electron chi connectivity index (χ3n) is 3.28. The second-order valence-electron chi connectivity index (χ2n) is 4.66. The Labute approximate surface area is 134 Å². The number of hydrogen-bond acceptors (Lipinski definition) is 2. The van der Waals surface area contributed by atoms with Crippen LogP contribution in [-0.4, -0.2) is 9.78 Å². The molecule has 0 aliphatic carbocycles. The summed E-state index contributed by atoms with van der Waals surface area (Å²) in [5.74, 6) is -0.291. The van der Waals surface area contributed by atoms with E-state index in [9.17, 15) is 4.39 Å². The number of hydrogen-bond donors (Lipinski definition) is 1. The molecule has 2 aromatic rings. The van der Waals surface area contributed by atoms with E-state index in [1.165, 1.54) is 6.07 Å². The Balaban J connectivity index is 2.27. The molecule has 108 valence electrons. The van der Waals surface area contributed by atoms with Crippen LogP contribution in [0.4, 0.5) is 4.39 Å². The Bertz CT molecular complexity index is 625. The fourth-order valence-corrected chi connectivity index (χ4v) is 3.27. The summed E-state index contributed by atoms with van der Waals surface area (Å²) < 4.78 is 17.4. The number of halogens is 3. The molecule has 0 aliphatic rings. The lowest BCUT2D eigenvalue weighted by molar-refractivity contribution is 0.567. The Kier molecular flexibility index (Phi) is 4.99. The van der Waals surface area contributed by atoms with Gasteiger partial charge in [0.25, 0.3) is 0 Å². The van der Waals surface area contributed by atoms with E-state index in [1.54, 1.807) is 16.8 Å². The Hall–Kier alpha value is -0.720. The van der Waals surface area contributed by atoms with Crippen molar-refractivity contribution in [3.63, 3.8) is 0 Å². The molecular formula is C14H16Br2FN3. The van der Waals surface area contributed by atoms with Crippen molar-refractivity contribution in [3.05, 3.63) is 49.9 Å². The minimum absolute atomic E-state index is 0.291. The van der Waals surface area contributed by atoms with E-state index < -0.39 is 6.04 Å². The van der Waals surface area contributed by atoms with Gasteiger partial charge in [-0.15, -0.1) is 0 Å². The van der Waals surface area contributed by atoms with Gasteiger partial charge in [0, 0.05) is 29.5 Å². The summed E-state index contributed by atoms with van der Waals surface area (Å²) >= 11 is 6.80. The van der Waals surface area contributed by atoms with Crippen molar-refractivity contribution < 1.29 is 4.39 Å². The summed E-state index contributed by atoms with van der Waals surface area (Å²) in [7, 11) is 1.88. The molecule has 1 heterocycles. The van der Waals surface area contributed by atoms with E-state index >= 15 is 0 Å². The smallest absolute Gasteiger partial charge is 0.129 e. The zero-order valence-electron chi connectivity index (χ0n) is 11.3. The van der Waals surface area contributed by atoms with Crippen molar-refractivity contribution in [2.45, 2.75) is 25.8 Å². The van der Waals surface area contributed by atoms with E-state index in [4.69, 9.17) is 5.73 Å². The van der Waals surface area contributed by atoms with Crippen LogP contribution in [0.2, 0.25) is 0 Å². The number of nitrogens with two attached hydrogens (primary N) is 1. The Morgan fingerprint density at radius 3 is 2.65 bits per heavy atom. The first-order chi connectivity index (χ1) is 9.43. The van der Waals surface area contributed by atoms with E-state index in [0.717, 1.165) is 22.3 Å². The SMILES string of the molecule is CCc1nn(C)c(CC(N)c2ccc(Br)cc2F)c1Br. The van der Waals surface area contributed by atoms with Gasteiger partial charge < -0.3 is 5.73 Å². The van der Waals surface area contributed by atoms with Crippen LogP contribution in [0, 0.1) is 5.82 Å². The van der Waals surface area contributed by atoms with Crippen LogP contribution in [-0.2, 0) is 19.9 Å². The second kappa shape index (κ2) is 6.37. The van der Waals surface area contributed by atoms with Crippen molar-refractivity contribution in [2.24, 2.45) is 12.8 Å². The average molecular weight is 405 g/mol. The maximum atomic E-state index is 13.9. The molecule has 1 unspecified atom stereocenters. The molecule has 2 N–H and O–H groups in total. The highest BCUT2D eigenvalue weighted by molar-refractivity contribution is 9.10. The number of rotatable bonds is 4. The molecule has 0 spiro atoms. The molecule has 0 saturated heterocycles. The largest absolute Gasteiger partial charge is 0.324 e. The van der Waals surface area contributed by atoms with E-state index in [2.05, 4.69) is 37.0 Å². The predicted molar refractivity (Wildman–Crippen MR) is 85.0 cm³/mol. The molecule has 1 aromatic heterocycles. The molecule has 0 radical (unpaired) electrons. The highest BCUT2D eigenvalue weighted by Crippen LogP contribution is 2.27. The van der Waals surface area contributed by atoms with Crippen molar-refractivity contribution in [1.82, 2.24) is 9.78 Å². The highest BCUT2D eigenvalue weighted by atomic mass is 79.9. The molecule has 0 fully saturated rings. The number of aromatic nitrogens is 2.